The summed E-state index contributed by atoms with van der Waals surface area (Å²) in [5.74, 6) is 0.833. The van der Waals surface area contributed by atoms with Crippen LogP contribution in [0.1, 0.15) is 40.5 Å². The monoisotopic (exact) mass is 201 g/mol. The van der Waals surface area contributed by atoms with Crippen molar-refractivity contribution in [3.63, 3.8) is 0 Å². The Kier molecular flexibility index (Phi) is 9.42. The number of hydrogen-bond acceptors (Lipinski definition) is 2. The fourth-order valence-electron chi connectivity index (χ4n) is 1.34. The molecule has 1 rings (SSSR count). The molecule has 0 saturated carbocycles. The molecule has 1 aliphatic heterocycles. The van der Waals surface area contributed by atoms with Crippen molar-refractivity contribution in [2.45, 2.75) is 40.5 Å². The van der Waals surface area contributed by atoms with Crippen LogP contribution in [0.2, 0.25) is 0 Å². The highest BCUT2D eigenvalue weighted by Gasteiger charge is 2.09. The van der Waals surface area contributed by atoms with E-state index in [4.69, 9.17) is 4.74 Å². The average molecular weight is 201 g/mol. The largest absolute Gasteiger partial charge is 0.380 e. The molecule has 0 aromatic heterocycles. The van der Waals surface area contributed by atoms with Gasteiger partial charge < -0.3 is 9.64 Å². The minimum Gasteiger partial charge on any atom is -0.380 e. The summed E-state index contributed by atoms with van der Waals surface area (Å²) in [4.78, 5) is 2.47. The van der Waals surface area contributed by atoms with Crippen LogP contribution in [0.4, 0.5) is 0 Å². The van der Waals surface area contributed by atoms with E-state index < -0.39 is 0 Å². The van der Waals surface area contributed by atoms with Crippen LogP contribution in [0.5, 0.6) is 0 Å². The molecule has 0 radical (unpaired) electrons. The summed E-state index contributed by atoms with van der Waals surface area (Å²) in [6.45, 7) is 14.0. The molecular formula is C12H27NO. The molecule has 0 spiro atoms. The summed E-state index contributed by atoms with van der Waals surface area (Å²) in [5, 5.41) is 0. The van der Waals surface area contributed by atoms with Crippen LogP contribution < -0.4 is 0 Å². The van der Waals surface area contributed by atoms with Crippen LogP contribution in [0.3, 0.4) is 0 Å². The molecule has 1 heterocycles. The highest BCUT2D eigenvalue weighted by atomic mass is 16.5. The van der Waals surface area contributed by atoms with Gasteiger partial charge in [0.05, 0.1) is 6.61 Å². The van der Waals surface area contributed by atoms with E-state index in [-0.39, 0.29) is 0 Å². The van der Waals surface area contributed by atoms with Crippen molar-refractivity contribution in [3.05, 3.63) is 0 Å². The molecular weight excluding hydrogens is 174 g/mol. The maximum Gasteiger partial charge on any atom is 0.0593 e. The van der Waals surface area contributed by atoms with Gasteiger partial charge in [-0.05, 0) is 38.8 Å². The van der Waals surface area contributed by atoms with Gasteiger partial charge in [0, 0.05) is 13.2 Å². The minimum absolute atomic E-state index is 0.833. The van der Waals surface area contributed by atoms with E-state index in [1.807, 2.05) is 6.92 Å². The summed E-state index contributed by atoms with van der Waals surface area (Å²) in [6, 6.07) is 0. The number of hydrogen-bond donors (Lipinski definition) is 0. The SMILES string of the molecule is CC(C)C.CCOCCN1CCCC1. The van der Waals surface area contributed by atoms with Gasteiger partial charge in [0.2, 0.25) is 0 Å². The fourth-order valence-corrected chi connectivity index (χ4v) is 1.34. The quantitative estimate of drug-likeness (QED) is 0.649. The average Bonchev–Trinajstić information content (AvgIpc) is 2.56. The van der Waals surface area contributed by atoms with Crippen molar-refractivity contribution in [2.75, 3.05) is 32.8 Å². The molecule has 2 nitrogen and oxygen atoms in total. The van der Waals surface area contributed by atoms with Crippen LogP contribution in [-0.2, 0) is 4.74 Å². The van der Waals surface area contributed by atoms with Crippen LogP contribution in [0.25, 0.3) is 0 Å². The Labute approximate surface area is 89.6 Å². The van der Waals surface area contributed by atoms with Gasteiger partial charge in [-0.15, -0.1) is 0 Å². The minimum atomic E-state index is 0.833. The predicted octanol–water partition coefficient (Wildman–Crippen LogP) is 2.78. The molecule has 0 aromatic carbocycles. The van der Waals surface area contributed by atoms with Crippen molar-refractivity contribution in [3.8, 4) is 0 Å². The third kappa shape index (κ3) is 10.0. The Morgan fingerprint density at radius 3 is 2.07 bits per heavy atom. The summed E-state index contributed by atoms with van der Waals surface area (Å²) in [6.07, 6.45) is 2.76. The topological polar surface area (TPSA) is 12.5 Å². The van der Waals surface area contributed by atoms with Gasteiger partial charge in [-0.1, -0.05) is 20.8 Å². The Bertz CT molecular complexity index is 106. The lowest BCUT2D eigenvalue weighted by Crippen LogP contribution is -2.23. The van der Waals surface area contributed by atoms with Gasteiger partial charge in [-0.2, -0.15) is 0 Å². The van der Waals surface area contributed by atoms with E-state index >= 15 is 0 Å². The van der Waals surface area contributed by atoms with Crippen molar-refractivity contribution in [1.82, 2.24) is 4.90 Å². The molecule has 2 heteroatoms. The Balaban J connectivity index is 0.000000364. The van der Waals surface area contributed by atoms with Crippen molar-refractivity contribution in [1.29, 1.82) is 0 Å². The molecule has 0 bridgehead atoms. The molecule has 0 aliphatic carbocycles. The second-order valence-corrected chi connectivity index (χ2v) is 4.48. The van der Waals surface area contributed by atoms with Crippen LogP contribution in [0, 0.1) is 5.92 Å². The van der Waals surface area contributed by atoms with Gasteiger partial charge in [0.15, 0.2) is 0 Å². The van der Waals surface area contributed by atoms with Crippen LogP contribution >= 0.6 is 0 Å². The van der Waals surface area contributed by atoms with Crippen molar-refractivity contribution >= 4 is 0 Å². The van der Waals surface area contributed by atoms with Crippen LogP contribution in [-0.4, -0.2) is 37.7 Å². The van der Waals surface area contributed by atoms with Gasteiger partial charge in [0.1, 0.15) is 0 Å². The smallest absolute Gasteiger partial charge is 0.0593 e. The first-order valence-corrected chi connectivity index (χ1v) is 5.97. The zero-order chi connectivity index (χ0) is 10.8. The van der Waals surface area contributed by atoms with E-state index in [9.17, 15) is 0 Å². The highest BCUT2D eigenvalue weighted by Crippen LogP contribution is 2.05. The second kappa shape index (κ2) is 9.47. The van der Waals surface area contributed by atoms with E-state index in [0.717, 1.165) is 25.7 Å². The molecule has 1 saturated heterocycles. The van der Waals surface area contributed by atoms with E-state index in [2.05, 4.69) is 25.7 Å². The Morgan fingerprint density at radius 1 is 1.14 bits per heavy atom. The van der Waals surface area contributed by atoms with Gasteiger partial charge in [-0.3, -0.25) is 0 Å². The van der Waals surface area contributed by atoms with Gasteiger partial charge in [0.25, 0.3) is 0 Å². The molecule has 1 fully saturated rings. The molecule has 1 aliphatic rings. The molecule has 14 heavy (non-hydrogen) atoms. The maximum absolute atomic E-state index is 5.25. The van der Waals surface area contributed by atoms with E-state index in [0.29, 0.717) is 0 Å². The zero-order valence-corrected chi connectivity index (χ0v) is 10.4. The fraction of sp³-hybridized carbons (Fsp3) is 1.00. The lowest BCUT2D eigenvalue weighted by atomic mass is 10.3. The van der Waals surface area contributed by atoms with Crippen molar-refractivity contribution < 1.29 is 4.74 Å². The number of nitrogens with zero attached hydrogens (tertiary/aromatic N) is 1. The summed E-state index contributed by atoms with van der Waals surface area (Å²) in [5.41, 5.74) is 0. The van der Waals surface area contributed by atoms with E-state index in [1.165, 1.54) is 25.9 Å². The Hall–Kier alpha value is -0.0800. The zero-order valence-electron chi connectivity index (χ0n) is 10.4. The molecule has 0 amide bonds. The molecule has 0 N–H and O–H groups in total. The summed E-state index contributed by atoms with van der Waals surface area (Å²) < 4.78 is 5.25. The number of rotatable bonds is 4. The van der Waals surface area contributed by atoms with Crippen LogP contribution in [0.15, 0.2) is 0 Å². The first-order chi connectivity index (χ1) is 6.66. The van der Waals surface area contributed by atoms with Gasteiger partial charge >= 0.3 is 0 Å². The van der Waals surface area contributed by atoms with Gasteiger partial charge in [-0.25, -0.2) is 0 Å². The standard InChI is InChI=1S/C8H17NO.C4H10/c1-2-10-8-7-9-5-3-4-6-9;1-4(2)3/h2-8H2,1H3;4H,1-3H3. The maximum atomic E-state index is 5.25. The first-order valence-electron chi connectivity index (χ1n) is 5.97. The molecule has 0 aromatic rings. The predicted molar refractivity (Wildman–Crippen MR) is 62.7 cm³/mol. The Morgan fingerprint density at radius 2 is 1.64 bits per heavy atom. The molecule has 0 unspecified atom stereocenters. The lowest BCUT2D eigenvalue weighted by molar-refractivity contribution is 0.122. The third-order valence-corrected chi connectivity index (χ3v) is 1.95. The van der Waals surface area contributed by atoms with Crippen molar-refractivity contribution in [2.24, 2.45) is 5.92 Å². The lowest BCUT2D eigenvalue weighted by Gasteiger charge is -2.13. The summed E-state index contributed by atoms with van der Waals surface area (Å²) >= 11 is 0. The normalized spacial score (nSPS) is 16.9. The molecule has 86 valence electrons. The first kappa shape index (κ1) is 13.9. The number of likely N-dealkylation sites (tertiary alicyclic amines) is 1. The second-order valence-electron chi connectivity index (χ2n) is 4.48. The van der Waals surface area contributed by atoms with E-state index in [1.54, 1.807) is 0 Å². The highest BCUT2D eigenvalue weighted by molar-refractivity contribution is 4.64. The summed E-state index contributed by atoms with van der Waals surface area (Å²) in [7, 11) is 0. The molecule has 0 atom stereocenters. The third-order valence-electron chi connectivity index (χ3n) is 1.95. The number of ether oxygens (including phenoxy) is 1.